The third-order valence-corrected chi connectivity index (χ3v) is 4.39. The minimum Gasteiger partial charge on any atom is -0.508 e. The zero-order valence-electron chi connectivity index (χ0n) is 11.8. The van der Waals surface area contributed by atoms with Crippen molar-refractivity contribution >= 4 is 5.91 Å². The van der Waals surface area contributed by atoms with Crippen LogP contribution in [0.25, 0.3) is 0 Å². The van der Waals surface area contributed by atoms with Crippen molar-refractivity contribution in [1.29, 1.82) is 0 Å². The molecule has 1 aromatic rings. The summed E-state index contributed by atoms with van der Waals surface area (Å²) in [4.78, 5) is 14.1. The zero-order valence-corrected chi connectivity index (χ0v) is 11.8. The summed E-state index contributed by atoms with van der Waals surface area (Å²) in [7, 11) is 1.63. The second-order valence-corrected chi connectivity index (χ2v) is 5.80. The molecule has 0 spiro atoms. The van der Waals surface area contributed by atoms with Crippen LogP contribution >= 0.6 is 0 Å². The standard InChI is InChI=1S/C16H21NO3/c1-20-15-10-13(18)4-5-14(15)11-6-8-17(9-7-11)16(19)12-2-3-12/h4-5,10-12,18H,2-3,6-9H2,1H3. The van der Waals surface area contributed by atoms with E-state index in [1.54, 1.807) is 19.2 Å². The summed E-state index contributed by atoms with van der Waals surface area (Å²) in [5, 5.41) is 9.52. The molecule has 1 aliphatic carbocycles. The fraction of sp³-hybridized carbons (Fsp3) is 0.562. The molecular formula is C16H21NO3. The maximum absolute atomic E-state index is 12.0. The Labute approximate surface area is 119 Å². The number of rotatable bonds is 3. The van der Waals surface area contributed by atoms with E-state index in [1.807, 2.05) is 11.0 Å². The molecule has 0 aromatic heterocycles. The maximum Gasteiger partial charge on any atom is 0.225 e. The molecule has 0 radical (unpaired) electrons. The lowest BCUT2D eigenvalue weighted by Crippen LogP contribution is -2.38. The van der Waals surface area contributed by atoms with Crippen molar-refractivity contribution in [2.75, 3.05) is 20.2 Å². The molecule has 3 rings (SSSR count). The Morgan fingerprint density at radius 2 is 1.95 bits per heavy atom. The molecule has 0 bridgehead atoms. The second kappa shape index (κ2) is 5.35. The lowest BCUT2D eigenvalue weighted by molar-refractivity contribution is -0.133. The van der Waals surface area contributed by atoms with Crippen LogP contribution < -0.4 is 4.74 Å². The minimum atomic E-state index is 0.229. The van der Waals surface area contributed by atoms with E-state index in [0.717, 1.165) is 50.1 Å². The van der Waals surface area contributed by atoms with Crippen LogP contribution in [0, 0.1) is 5.92 Å². The summed E-state index contributed by atoms with van der Waals surface area (Å²) in [6.07, 6.45) is 4.09. The van der Waals surface area contributed by atoms with E-state index in [-0.39, 0.29) is 5.75 Å². The highest BCUT2D eigenvalue weighted by Gasteiger charge is 2.35. The van der Waals surface area contributed by atoms with E-state index >= 15 is 0 Å². The number of carbonyl (C=O) groups excluding carboxylic acids is 1. The number of hydrogen-bond acceptors (Lipinski definition) is 3. The summed E-state index contributed by atoms with van der Waals surface area (Å²) in [5.74, 6) is 2.05. The molecule has 20 heavy (non-hydrogen) atoms. The number of aromatic hydroxyl groups is 1. The first-order valence-electron chi connectivity index (χ1n) is 7.34. The van der Waals surface area contributed by atoms with Crippen molar-refractivity contribution in [3.8, 4) is 11.5 Å². The van der Waals surface area contributed by atoms with Crippen LogP contribution in [0.15, 0.2) is 18.2 Å². The number of carbonyl (C=O) groups is 1. The van der Waals surface area contributed by atoms with Gasteiger partial charge in [-0.3, -0.25) is 4.79 Å². The number of benzene rings is 1. The average Bonchev–Trinajstić information content (AvgIpc) is 3.31. The molecule has 1 heterocycles. The summed E-state index contributed by atoms with van der Waals surface area (Å²) in [5.41, 5.74) is 1.14. The van der Waals surface area contributed by atoms with Crippen molar-refractivity contribution in [2.24, 2.45) is 5.92 Å². The molecule has 1 saturated carbocycles. The Morgan fingerprint density at radius 3 is 2.55 bits per heavy atom. The SMILES string of the molecule is COc1cc(O)ccc1C1CCN(C(=O)C2CC2)CC1. The minimum absolute atomic E-state index is 0.229. The van der Waals surface area contributed by atoms with Gasteiger partial charge >= 0.3 is 0 Å². The third kappa shape index (κ3) is 2.60. The number of ether oxygens (including phenoxy) is 1. The van der Waals surface area contributed by atoms with Crippen LogP contribution in [0.4, 0.5) is 0 Å². The predicted octanol–water partition coefficient (Wildman–Crippen LogP) is 2.52. The van der Waals surface area contributed by atoms with E-state index in [4.69, 9.17) is 4.74 Å². The molecule has 1 aliphatic heterocycles. The van der Waals surface area contributed by atoms with E-state index in [2.05, 4.69) is 0 Å². The van der Waals surface area contributed by atoms with Crippen LogP contribution in [0.2, 0.25) is 0 Å². The van der Waals surface area contributed by atoms with E-state index in [0.29, 0.717) is 17.7 Å². The molecule has 0 atom stereocenters. The van der Waals surface area contributed by atoms with Crippen LogP contribution in [0.5, 0.6) is 11.5 Å². The first kappa shape index (κ1) is 13.3. The largest absolute Gasteiger partial charge is 0.508 e. The molecule has 108 valence electrons. The molecule has 0 unspecified atom stereocenters. The number of piperidine rings is 1. The number of methoxy groups -OCH3 is 1. The lowest BCUT2D eigenvalue weighted by Gasteiger charge is -2.33. The van der Waals surface area contributed by atoms with Gasteiger partial charge in [0, 0.05) is 25.1 Å². The quantitative estimate of drug-likeness (QED) is 0.922. The Bertz CT molecular complexity index is 502. The number of amides is 1. The first-order valence-corrected chi connectivity index (χ1v) is 7.34. The van der Waals surface area contributed by atoms with Gasteiger partial charge < -0.3 is 14.7 Å². The fourth-order valence-electron chi connectivity index (χ4n) is 3.04. The number of hydrogen-bond donors (Lipinski definition) is 1. The van der Waals surface area contributed by atoms with Gasteiger partial charge in [-0.15, -0.1) is 0 Å². The van der Waals surface area contributed by atoms with Crippen LogP contribution in [-0.4, -0.2) is 36.1 Å². The van der Waals surface area contributed by atoms with Crippen LogP contribution in [0.1, 0.15) is 37.2 Å². The summed E-state index contributed by atoms with van der Waals surface area (Å²) in [6.45, 7) is 1.67. The number of likely N-dealkylation sites (tertiary alicyclic amines) is 1. The Hall–Kier alpha value is -1.71. The van der Waals surface area contributed by atoms with Crippen LogP contribution in [-0.2, 0) is 4.79 Å². The fourth-order valence-corrected chi connectivity index (χ4v) is 3.04. The number of phenols is 1. The normalized spacial score (nSPS) is 19.9. The maximum atomic E-state index is 12.0. The van der Waals surface area contributed by atoms with Crippen molar-refractivity contribution in [2.45, 2.75) is 31.6 Å². The highest BCUT2D eigenvalue weighted by atomic mass is 16.5. The smallest absolute Gasteiger partial charge is 0.225 e. The highest BCUT2D eigenvalue weighted by Crippen LogP contribution is 2.38. The first-order chi connectivity index (χ1) is 9.69. The van der Waals surface area contributed by atoms with Gasteiger partial charge in [0.05, 0.1) is 7.11 Å². The van der Waals surface area contributed by atoms with Gasteiger partial charge in [-0.1, -0.05) is 6.07 Å². The van der Waals surface area contributed by atoms with Gasteiger partial charge in [0.1, 0.15) is 11.5 Å². The molecule has 4 heteroatoms. The second-order valence-electron chi connectivity index (χ2n) is 5.80. The Kier molecular flexibility index (Phi) is 3.55. The van der Waals surface area contributed by atoms with Crippen molar-refractivity contribution in [1.82, 2.24) is 4.90 Å². The summed E-state index contributed by atoms with van der Waals surface area (Å²) in [6, 6.07) is 5.31. The number of phenolic OH excluding ortho intramolecular Hbond substituents is 1. The molecule has 2 fully saturated rings. The van der Waals surface area contributed by atoms with Gasteiger partial charge in [0.2, 0.25) is 5.91 Å². The molecule has 2 aliphatic rings. The van der Waals surface area contributed by atoms with Crippen LogP contribution in [0.3, 0.4) is 0 Å². The molecular weight excluding hydrogens is 254 g/mol. The topological polar surface area (TPSA) is 49.8 Å². The van der Waals surface area contributed by atoms with E-state index in [1.165, 1.54) is 0 Å². The Morgan fingerprint density at radius 1 is 1.25 bits per heavy atom. The lowest BCUT2D eigenvalue weighted by atomic mass is 9.88. The molecule has 4 nitrogen and oxygen atoms in total. The molecule has 1 N–H and O–H groups in total. The van der Waals surface area contributed by atoms with Gasteiger partial charge in [-0.2, -0.15) is 0 Å². The zero-order chi connectivity index (χ0) is 14.1. The molecule has 1 saturated heterocycles. The van der Waals surface area contributed by atoms with E-state index in [9.17, 15) is 9.90 Å². The highest BCUT2D eigenvalue weighted by molar-refractivity contribution is 5.81. The average molecular weight is 275 g/mol. The monoisotopic (exact) mass is 275 g/mol. The summed E-state index contributed by atoms with van der Waals surface area (Å²) < 4.78 is 5.36. The number of nitrogens with zero attached hydrogens (tertiary/aromatic N) is 1. The van der Waals surface area contributed by atoms with Crippen molar-refractivity contribution < 1.29 is 14.6 Å². The third-order valence-electron chi connectivity index (χ3n) is 4.39. The summed E-state index contributed by atoms with van der Waals surface area (Å²) >= 11 is 0. The van der Waals surface area contributed by atoms with Gasteiger partial charge in [0.25, 0.3) is 0 Å². The molecule has 1 aromatic carbocycles. The van der Waals surface area contributed by atoms with Crippen molar-refractivity contribution in [3.63, 3.8) is 0 Å². The van der Waals surface area contributed by atoms with E-state index < -0.39 is 0 Å². The Balaban J connectivity index is 1.67. The van der Waals surface area contributed by atoms with Gasteiger partial charge in [0.15, 0.2) is 0 Å². The molecule has 1 amide bonds. The van der Waals surface area contributed by atoms with Gasteiger partial charge in [-0.25, -0.2) is 0 Å². The van der Waals surface area contributed by atoms with Gasteiger partial charge in [-0.05, 0) is 43.2 Å². The van der Waals surface area contributed by atoms with Crippen molar-refractivity contribution in [3.05, 3.63) is 23.8 Å². The predicted molar refractivity (Wildman–Crippen MR) is 75.9 cm³/mol.